The van der Waals surface area contributed by atoms with Crippen LogP contribution in [0, 0.1) is 19.8 Å². The number of hydrogen-bond acceptors (Lipinski definition) is 5. The van der Waals surface area contributed by atoms with Crippen LogP contribution >= 0.6 is 0 Å². The molecule has 0 saturated carbocycles. The number of aryl methyl sites for hydroxylation is 2. The third-order valence-corrected chi connectivity index (χ3v) is 5.32. The van der Waals surface area contributed by atoms with Crippen LogP contribution in [0.1, 0.15) is 24.2 Å². The number of carbonyl (C=O) groups is 2. The molecule has 1 aromatic heterocycles. The Hall–Kier alpha value is -1.94. The monoisotopic (exact) mass is 357 g/mol. The highest BCUT2D eigenvalue weighted by Gasteiger charge is 2.29. The molecule has 0 atom stereocenters. The van der Waals surface area contributed by atoms with Crippen LogP contribution < -0.4 is 10.9 Å². The molecule has 0 bridgehead atoms. The van der Waals surface area contributed by atoms with E-state index in [-0.39, 0.29) is 24.3 Å². The van der Waals surface area contributed by atoms with Crippen molar-refractivity contribution in [3.63, 3.8) is 0 Å². The standard InChI is InChI=1S/C14H23N5O4S/c1-10-8-11(2)19(17-10)9-13(20)15-16-14(21)12-4-6-18(7-5-12)24(3,22)23/h8,12H,4-7,9H2,1-3H3,(H,15,20)(H,16,21). The first-order chi connectivity index (χ1) is 11.2. The molecule has 10 heteroatoms. The number of aromatic nitrogens is 2. The highest BCUT2D eigenvalue weighted by molar-refractivity contribution is 7.88. The maximum absolute atomic E-state index is 12.1. The zero-order valence-corrected chi connectivity index (χ0v) is 14.9. The largest absolute Gasteiger partial charge is 0.273 e. The predicted octanol–water partition coefficient (Wildman–Crippen LogP) is -0.681. The zero-order valence-electron chi connectivity index (χ0n) is 14.1. The molecule has 0 aliphatic carbocycles. The molecule has 2 N–H and O–H groups in total. The molecule has 1 aromatic rings. The Balaban J connectivity index is 1.77. The van der Waals surface area contributed by atoms with Crippen LogP contribution in [0.25, 0.3) is 0 Å². The van der Waals surface area contributed by atoms with Gasteiger partial charge in [-0.25, -0.2) is 12.7 Å². The second kappa shape index (κ2) is 7.31. The van der Waals surface area contributed by atoms with E-state index in [0.717, 1.165) is 17.6 Å². The molecule has 0 radical (unpaired) electrons. The first kappa shape index (κ1) is 18.4. The zero-order chi connectivity index (χ0) is 17.9. The fourth-order valence-electron chi connectivity index (χ4n) is 2.69. The fraction of sp³-hybridized carbons (Fsp3) is 0.643. The quantitative estimate of drug-likeness (QED) is 0.693. The lowest BCUT2D eigenvalue weighted by Crippen LogP contribution is -2.48. The molecular formula is C14H23N5O4S. The summed E-state index contributed by atoms with van der Waals surface area (Å²) >= 11 is 0. The summed E-state index contributed by atoms with van der Waals surface area (Å²) in [6.45, 7) is 4.34. The maximum Gasteiger partial charge on any atom is 0.260 e. The molecule has 1 aliphatic rings. The van der Waals surface area contributed by atoms with Gasteiger partial charge in [0.15, 0.2) is 0 Å². The average Bonchev–Trinajstić information content (AvgIpc) is 2.81. The van der Waals surface area contributed by atoms with Crippen molar-refractivity contribution >= 4 is 21.8 Å². The van der Waals surface area contributed by atoms with Crippen LogP contribution in [0.4, 0.5) is 0 Å². The van der Waals surface area contributed by atoms with E-state index in [2.05, 4.69) is 16.0 Å². The van der Waals surface area contributed by atoms with Gasteiger partial charge in [0.1, 0.15) is 6.54 Å². The van der Waals surface area contributed by atoms with Gasteiger partial charge in [0, 0.05) is 24.7 Å². The molecular weight excluding hydrogens is 334 g/mol. The molecule has 2 amide bonds. The number of hydrogen-bond donors (Lipinski definition) is 2. The number of sulfonamides is 1. The Kier molecular flexibility index (Phi) is 5.60. The summed E-state index contributed by atoms with van der Waals surface area (Å²) in [6.07, 6.45) is 2.03. The summed E-state index contributed by atoms with van der Waals surface area (Å²) in [6, 6.07) is 1.86. The van der Waals surface area contributed by atoms with Gasteiger partial charge >= 0.3 is 0 Å². The molecule has 1 fully saturated rings. The van der Waals surface area contributed by atoms with E-state index in [4.69, 9.17) is 0 Å². The third-order valence-electron chi connectivity index (χ3n) is 4.02. The van der Waals surface area contributed by atoms with Gasteiger partial charge in [0.2, 0.25) is 15.9 Å². The van der Waals surface area contributed by atoms with Gasteiger partial charge in [-0.2, -0.15) is 5.10 Å². The van der Waals surface area contributed by atoms with Gasteiger partial charge in [-0.15, -0.1) is 0 Å². The maximum atomic E-state index is 12.1. The van der Waals surface area contributed by atoms with E-state index in [9.17, 15) is 18.0 Å². The Labute approximate surface area is 141 Å². The van der Waals surface area contributed by atoms with Gasteiger partial charge in [0.25, 0.3) is 5.91 Å². The summed E-state index contributed by atoms with van der Waals surface area (Å²) < 4.78 is 25.8. The van der Waals surface area contributed by atoms with Crippen molar-refractivity contribution in [1.29, 1.82) is 0 Å². The van der Waals surface area contributed by atoms with Gasteiger partial charge in [-0.05, 0) is 32.8 Å². The minimum Gasteiger partial charge on any atom is -0.273 e. The molecule has 0 unspecified atom stereocenters. The van der Waals surface area contributed by atoms with E-state index in [0.29, 0.717) is 25.9 Å². The summed E-state index contributed by atoms with van der Waals surface area (Å²) in [5.41, 5.74) is 6.46. The van der Waals surface area contributed by atoms with Gasteiger partial charge in [0.05, 0.1) is 11.9 Å². The Morgan fingerprint density at radius 1 is 1.25 bits per heavy atom. The summed E-state index contributed by atoms with van der Waals surface area (Å²) in [7, 11) is -3.22. The highest BCUT2D eigenvalue weighted by atomic mass is 32.2. The molecule has 24 heavy (non-hydrogen) atoms. The Morgan fingerprint density at radius 3 is 2.38 bits per heavy atom. The highest BCUT2D eigenvalue weighted by Crippen LogP contribution is 2.18. The molecule has 134 valence electrons. The minimum atomic E-state index is -3.22. The van der Waals surface area contributed by atoms with Crippen molar-refractivity contribution in [2.75, 3.05) is 19.3 Å². The predicted molar refractivity (Wildman–Crippen MR) is 87.1 cm³/mol. The molecule has 0 aromatic carbocycles. The number of hydrazine groups is 1. The second-order valence-corrected chi connectivity index (χ2v) is 8.04. The van der Waals surface area contributed by atoms with Gasteiger partial charge in [-0.3, -0.25) is 25.1 Å². The normalized spacial score (nSPS) is 16.8. The van der Waals surface area contributed by atoms with Crippen LogP contribution in [0.3, 0.4) is 0 Å². The first-order valence-corrected chi connectivity index (χ1v) is 9.56. The van der Waals surface area contributed by atoms with Crippen molar-refractivity contribution in [3.05, 3.63) is 17.5 Å². The minimum absolute atomic E-state index is 0.0203. The lowest BCUT2D eigenvalue weighted by Gasteiger charge is -2.29. The van der Waals surface area contributed by atoms with Crippen LogP contribution in [0.5, 0.6) is 0 Å². The number of rotatable bonds is 4. The second-order valence-electron chi connectivity index (χ2n) is 6.06. The lowest BCUT2D eigenvalue weighted by molar-refractivity contribution is -0.132. The number of piperidine rings is 1. The summed E-state index contributed by atoms with van der Waals surface area (Å²) in [4.78, 5) is 23.9. The SMILES string of the molecule is Cc1cc(C)n(CC(=O)NNC(=O)C2CCN(S(C)(=O)=O)CC2)n1. The topological polar surface area (TPSA) is 113 Å². The van der Waals surface area contributed by atoms with Crippen LogP contribution in [-0.2, 0) is 26.2 Å². The molecule has 2 rings (SSSR count). The van der Waals surface area contributed by atoms with E-state index in [1.54, 1.807) is 4.68 Å². The summed E-state index contributed by atoms with van der Waals surface area (Å²) in [5.74, 6) is -0.982. The molecule has 1 aliphatic heterocycles. The van der Waals surface area contributed by atoms with E-state index < -0.39 is 10.0 Å². The van der Waals surface area contributed by atoms with Crippen LogP contribution in [0.2, 0.25) is 0 Å². The Morgan fingerprint density at radius 2 is 1.88 bits per heavy atom. The lowest BCUT2D eigenvalue weighted by atomic mass is 9.98. The number of nitrogens with one attached hydrogen (secondary N) is 2. The number of amides is 2. The fourth-order valence-corrected chi connectivity index (χ4v) is 3.57. The molecule has 9 nitrogen and oxygen atoms in total. The summed E-state index contributed by atoms with van der Waals surface area (Å²) in [5, 5.41) is 4.18. The number of carbonyl (C=O) groups excluding carboxylic acids is 2. The van der Waals surface area contributed by atoms with Gasteiger partial charge < -0.3 is 0 Å². The smallest absolute Gasteiger partial charge is 0.260 e. The van der Waals surface area contributed by atoms with Crippen molar-refractivity contribution in [1.82, 2.24) is 24.9 Å². The molecule has 0 spiro atoms. The van der Waals surface area contributed by atoms with Crippen molar-refractivity contribution in [2.45, 2.75) is 33.2 Å². The van der Waals surface area contributed by atoms with Crippen molar-refractivity contribution in [2.24, 2.45) is 5.92 Å². The van der Waals surface area contributed by atoms with Crippen LogP contribution in [-0.4, -0.2) is 53.7 Å². The number of nitrogens with zero attached hydrogens (tertiary/aromatic N) is 3. The first-order valence-electron chi connectivity index (χ1n) is 7.71. The average molecular weight is 357 g/mol. The third kappa shape index (κ3) is 4.78. The van der Waals surface area contributed by atoms with E-state index in [1.807, 2.05) is 19.9 Å². The van der Waals surface area contributed by atoms with Crippen LogP contribution in [0.15, 0.2) is 6.07 Å². The van der Waals surface area contributed by atoms with Crippen molar-refractivity contribution < 1.29 is 18.0 Å². The van der Waals surface area contributed by atoms with E-state index >= 15 is 0 Å². The Bertz CT molecular complexity index is 720. The van der Waals surface area contributed by atoms with Crippen molar-refractivity contribution in [3.8, 4) is 0 Å². The van der Waals surface area contributed by atoms with E-state index in [1.165, 1.54) is 4.31 Å². The molecule has 1 saturated heterocycles. The van der Waals surface area contributed by atoms with Gasteiger partial charge in [-0.1, -0.05) is 0 Å². The molecule has 2 heterocycles.